The first-order valence-electron chi connectivity index (χ1n) is 5.97. The number of rotatable bonds is 1. The van der Waals surface area contributed by atoms with Crippen LogP contribution >= 0.6 is 0 Å². The fourth-order valence-electron chi connectivity index (χ4n) is 2.09. The molecule has 20 heavy (non-hydrogen) atoms. The predicted molar refractivity (Wildman–Crippen MR) is 77.2 cm³/mol. The first kappa shape index (κ1) is 12.7. The van der Waals surface area contributed by atoms with Crippen molar-refractivity contribution in [1.29, 1.82) is 0 Å². The van der Waals surface area contributed by atoms with Gasteiger partial charge in [-0.25, -0.2) is 8.42 Å². The Morgan fingerprint density at radius 3 is 2.20 bits per heavy atom. The Morgan fingerprint density at radius 1 is 0.900 bits per heavy atom. The zero-order valence-corrected chi connectivity index (χ0v) is 11.5. The monoisotopic (exact) mass is 288 g/mol. The second-order valence-electron chi connectivity index (χ2n) is 4.60. The largest absolute Gasteiger partial charge is 0.353 e. The van der Waals surface area contributed by atoms with E-state index < -0.39 is 9.84 Å². The van der Waals surface area contributed by atoms with Crippen molar-refractivity contribution >= 4 is 32.8 Å². The molecule has 1 amide bonds. The van der Waals surface area contributed by atoms with Crippen LogP contribution in [0.3, 0.4) is 0 Å². The van der Waals surface area contributed by atoms with E-state index >= 15 is 0 Å². The van der Waals surface area contributed by atoms with Crippen molar-refractivity contribution in [2.45, 2.75) is 4.90 Å². The van der Waals surface area contributed by atoms with Crippen molar-refractivity contribution < 1.29 is 13.2 Å². The maximum atomic E-state index is 12.2. The third kappa shape index (κ3) is 2.14. The fraction of sp³-hybridized carbons (Fsp3) is 0.0714. The molecule has 102 valence electrons. The van der Waals surface area contributed by atoms with Crippen molar-refractivity contribution in [3.8, 4) is 0 Å². The topological polar surface area (TPSA) is 75.3 Å². The summed E-state index contributed by atoms with van der Waals surface area (Å²) < 4.78 is 23.2. The standard InChI is InChI=1S/C14H12N2O3S/c1-20(18,19)9-6-7-11-10(8-9)14(17)16-13-5-3-2-4-12(13)15-11/h2-8,15H,1H3,(H,16,17). The molecule has 0 radical (unpaired) electrons. The van der Waals surface area contributed by atoms with Crippen LogP contribution < -0.4 is 10.6 Å². The number of carbonyl (C=O) groups excluding carboxylic acids is 1. The normalized spacial score (nSPS) is 13.6. The molecule has 0 unspecified atom stereocenters. The lowest BCUT2D eigenvalue weighted by Gasteiger charge is -2.08. The lowest BCUT2D eigenvalue weighted by atomic mass is 10.1. The van der Waals surface area contributed by atoms with Crippen molar-refractivity contribution in [3.05, 3.63) is 48.0 Å². The minimum atomic E-state index is -3.35. The van der Waals surface area contributed by atoms with Crippen LogP contribution in [0.1, 0.15) is 10.4 Å². The smallest absolute Gasteiger partial charge is 0.257 e. The van der Waals surface area contributed by atoms with Gasteiger partial charge in [-0.2, -0.15) is 0 Å². The van der Waals surface area contributed by atoms with Crippen LogP contribution in [0.4, 0.5) is 17.1 Å². The zero-order chi connectivity index (χ0) is 14.3. The van der Waals surface area contributed by atoms with Crippen molar-refractivity contribution in [1.82, 2.24) is 0 Å². The van der Waals surface area contributed by atoms with E-state index in [1.54, 1.807) is 12.1 Å². The molecule has 0 fully saturated rings. The van der Waals surface area contributed by atoms with Crippen LogP contribution in [-0.2, 0) is 9.84 Å². The van der Waals surface area contributed by atoms with Gasteiger partial charge in [0.25, 0.3) is 5.91 Å². The molecule has 3 rings (SSSR count). The quantitative estimate of drug-likeness (QED) is 0.845. The van der Waals surface area contributed by atoms with E-state index in [0.29, 0.717) is 16.9 Å². The van der Waals surface area contributed by atoms with E-state index in [0.717, 1.165) is 11.9 Å². The number of para-hydroxylation sites is 2. The lowest BCUT2D eigenvalue weighted by molar-refractivity contribution is 0.102. The summed E-state index contributed by atoms with van der Waals surface area (Å²) in [6.45, 7) is 0. The first-order valence-corrected chi connectivity index (χ1v) is 7.86. The summed E-state index contributed by atoms with van der Waals surface area (Å²) in [5.74, 6) is -0.331. The third-order valence-corrected chi connectivity index (χ3v) is 4.22. The summed E-state index contributed by atoms with van der Waals surface area (Å²) in [6, 6.07) is 11.8. The van der Waals surface area contributed by atoms with Crippen molar-refractivity contribution in [3.63, 3.8) is 0 Å². The minimum Gasteiger partial charge on any atom is -0.353 e. The molecule has 2 aromatic carbocycles. The van der Waals surface area contributed by atoms with Gasteiger partial charge in [0, 0.05) is 6.26 Å². The Labute approximate surface area is 116 Å². The molecule has 0 aromatic heterocycles. The molecule has 2 N–H and O–H groups in total. The van der Waals surface area contributed by atoms with Crippen LogP contribution in [0.2, 0.25) is 0 Å². The van der Waals surface area contributed by atoms with E-state index in [9.17, 15) is 13.2 Å². The molecule has 6 heteroatoms. The Hall–Kier alpha value is -2.34. The Balaban J connectivity index is 2.16. The van der Waals surface area contributed by atoms with Gasteiger partial charge in [-0.3, -0.25) is 4.79 Å². The molecule has 1 heterocycles. The number of benzene rings is 2. The number of nitrogens with one attached hydrogen (secondary N) is 2. The van der Waals surface area contributed by atoms with Crippen LogP contribution in [0.15, 0.2) is 47.4 Å². The molecule has 2 aromatic rings. The highest BCUT2D eigenvalue weighted by Gasteiger charge is 2.20. The van der Waals surface area contributed by atoms with Crippen molar-refractivity contribution in [2.75, 3.05) is 16.9 Å². The van der Waals surface area contributed by atoms with Crippen LogP contribution in [0.5, 0.6) is 0 Å². The SMILES string of the molecule is CS(=O)(=O)c1ccc2c(c1)C(=O)Nc1ccccc1N2. The second-order valence-corrected chi connectivity index (χ2v) is 6.62. The number of amides is 1. The Bertz CT molecular complexity index is 813. The predicted octanol–water partition coefficient (Wildman–Crippen LogP) is 2.40. The first-order chi connectivity index (χ1) is 9.45. The second kappa shape index (κ2) is 4.35. The number of hydrogen-bond acceptors (Lipinski definition) is 4. The van der Waals surface area contributed by atoms with Gasteiger partial charge >= 0.3 is 0 Å². The molecular weight excluding hydrogens is 276 g/mol. The summed E-state index contributed by atoms with van der Waals surface area (Å²) >= 11 is 0. The van der Waals surface area contributed by atoms with Gasteiger partial charge in [-0.1, -0.05) is 12.1 Å². The van der Waals surface area contributed by atoms with Gasteiger partial charge in [0.1, 0.15) is 0 Å². The van der Waals surface area contributed by atoms with Gasteiger partial charge in [-0.05, 0) is 30.3 Å². The van der Waals surface area contributed by atoms with Gasteiger partial charge in [0.05, 0.1) is 27.5 Å². The van der Waals surface area contributed by atoms with E-state index in [2.05, 4.69) is 10.6 Å². The maximum Gasteiger partial charge on any atom is 0.257 e. The van der Waals surface area contributed by atoms with Gasteiger partial charge in [0.15, 0.2) is 9.84 Å². The lowest BCUT2D eigenvalue weighted by Crippen LogP contribution is -2.11. The molecule has 0 spiro atoms. The Morgan fingerprint density at radius 2 is 1.55 bits per heavy atom. The minimum absolute atomic E-state index is 0.124. The van der Waals surface area contributed by atoms with Crippen LogP contribution in [-0.4, -0.2) is 20.6 Å². The molecule has 0 atom stereocenters. The molecule has 5 nitrogen and oxygen atoms in total. The summed E-state index contributed by atoms with van der Waals surface area (Å²) in [5, 5.41) is 5.89. The highest BCUT2D eigenvalue weighted by atomic mass is 32.2. The number of sulfone groups is 1. The van der Waals surface area contributed by atoms with E-state index in [1.165, 1.54) is 12.1 Å². The average Bonchev–Trinajstić information content (AvgIpc) is 2.53. The highest BCUT2D eigenvalue weighted by Crippen LogP contribution is 2.32. The van der Waals surface area contributed by atoms with Gasteiger partial charge in [0.2, 0.25) is 0 Å². The molecule has 0 aliphatic carbocycles. The zero-order valence-electron chi connectivity index (χ0n) is 10.7. The summed E-state index contributed by atoms with van der Waals surface area (Å²) in [7, 11) is -3.35. The van der Waals surface area contributed by atoms with Crippen molar-refractivity contribution in [2.24, 2.45) is 0 Å². The van der Waals surface area contributed by atoms with E-state index in [-0.39, 0.29) is 10.8 Å². The number of hydrogen-bond donors (Lipinski definition) is 2. The molecule has 0 bridgehead atoms. The molecule has 1 aliphatic rings. The number of fused-ring (bicyclic) bond motifs is 2. The fourth-order valence-corrected chi connectivity index (χ4v) is 2.73. The summed E-state index contributed by atoms with van der Waals surface area (Å²) in [5.41, 5.74) is 2.32. The number of carbonyl (C=O) groups is 1. The molecule has 1 aliphatic heterocycles. The van der Waals surface area contributed by atoms with Crippen LogP contribution in [0.25, 0.3) is 0 Å². The average molecular weight is 288 g/mol. The van der Waals surface area contributed by atoms with Crippen LogP contribution in [0, 0.1) is 0 Å². The highest BCUT2D eigenvalue weighted by molar-refractivity contribution is 7.90. The Kier molecular flexibility index (Phi) is 2.76. The molecule has 0 saturated heterocycles. The summed E-state index contributed by atoms with van der Waals surface area (Å²) in [4.78, 5) is 12.3. The van der Waals surface area contributed by atoms with E-state index in [4.69, 9.17) is 0 Å². The molecule has 0 saturated carbocycles. The van der Waals surface area contributed by atoms with Gasteiger partial charge < -0.3 is 10.6 Å². The number of anilines is 3. The summed E-state index contributed by atoms with van der Waals surface area (Å²) in [6.07, 6.45) is 1.12. The third-order valence-electron chi connectivity index (χ3n) is 3.11. The molecular formula is C14H12N2O3S. The van der Waals surface area contributed by atoms with E-state index in [1.807, 2.05) is 18.2 Å². The maximum absolute atomic E-state index is 12.2. The van der Waals surface area contributed by atoms with Gasteiger partial charge in [-0.15, -0.1) is 0 Å².